The van der Waals surface area contributed by atoms with Crippen LogP contribution in [0.25, 0.3) is 83.2 Å². The van der Waals surface area contributed by atoms with E-state index in [2.05, 4.69) is 79.7 Å². The van der Waals surface area contributed by atoms with Crippen molar-refractivity contribution in [1.29, 1.82) is 0 Å². The van der Waals surface area contributed by atoms with Crippen molar-refractivity contribution in [3.63, 3.8) is 0 Å². The second-order valence-corrected chi connectivity index (χ2v) is 13.2. The summed E-state index contributed by atoms with van der Waals surface area (Å²) in [7, 11) is 0. The summed E-state index contributed by atoms with van der Waals surface area (Å²) >= 11 is 0. The van der Waals surface area contributed by atoms with Crippen molar-refractivity contribution in [3.05, 3.63) is 126 Å². The molecule has 0 aliphatic carbocycles. The van der Waals surface area contributed by atoms with Crippen LogP contribution < -0.4 is 0 Å². The highest BCUT2D eigenvalue weighted by Gasteiger charge is 2.27. The molecule has 0 atom stereocenters. The van der Waals surface area contributed by atoms with Crippen LogP contribution in [0, 0.1) is 6.85 Å². The summed E-state index contributed by atoms with van der Waals surface area (Å²) < 4.78 is 40.8. The molecule has 9 rings (SSSR count). The number of furan rings is 2. The zero-order valence-electron chi connectivity index (χ0n) is 30.2. The molecule has 234 valence electrons. The second-order valence-electron chi connectivity index (χ2n) is 13.2. The first-order valence-electron chi connectivity index (χ1n) is 18.0. The fourth-order valence-electron chi connectivity index (χ4n) is 7.21. The molecule has 9 aromatic rings. The third kappa shape index (κ3) is 4.17. The van der Waals surface area contributed by atoms with Crippen LogP contribution in [0.5, 0.6) is 0 Å². The topological polar surface area (TPSA) is 57.0 Å². The number of hydrogen-bond donors (Lipinski definition) is 0. The van der Waals surface area contributed by atoms with E-state index in [9.17, 15) is 0 Å². The van der Waals surface area contributed by atoms with Gasteiger partial charge < -0.3 is 8.83 Å². The van der Waals surface area contributed by atoms with Crippen molar-refractivity contribution in [2.75, 3.05) is 0 Å². The number of aryl methyl sites for hydroxylation is 1. The largest absolute Gasteiger partial charge is 0.454 e. The molecule has 48 heavy (non-hydrogen) atoms. The summed E-state index contributed by atoms with van der Waals surface area (Å²) in [6, 6.07) is 36.8. The van der Waals surface area contributed by atoms with Gasteiger partial charge in [0.1, 0.15) is 22.5 Å². The Morgan fingerprint density at radius 2 is 1.35 bits per heavy atom. The Balaban J connectivity index is 1.40. The van der Waals surface area contributed by atoms with E-state index in [1.807, 2.05) is 66.7 Å². The van der Waals surface area contributed by atoms with Gasteiger partial charge >= 0.3 is 0 Å². The first kappa shape index (κ1) is 25.4. The third-order valence-electron chi connectivity index (χ3n) is 9.50. The van der Waals surface area contributed by atoms with Gasteiger partial charge in [-0.3, -0.25) is 4.57 Å². The van der Waals surface area contributed by atoms with Crippen molar-refractivity contribution in [3.8, 4) is 28.2 Å². The highest BCUT2D eigenvalue weighted by Crippen LogP contribution is 2.45. The minimum absolute atomic E-state index is 0.0899. The zero-order chi connectivity index (χ0) is 35.2. The summed E-state index contributed by atoms with van der Waals surface area (Å²) in [5.74, 6) is 1.11. The smallest absolute Gasteiger partial charge is 0.165 e. The molecule has 4 heterocycles. The van der Waals surface area contributed by atoms with Crippen molar-refractivity contribution >= 4 is 55.0 Å². The molecule has 5 aromatic carbocycles. The van der Waals surface area contributed by atoms with E-state index >= 15 is 0 Å². The summed E-state index contributed by atoms with van der Waals surface area (Å²) in [6.45, 7) is 6.42. The Hall–Kier alpha value is -5.68. The second kappa shape index (κ2) is 10.7. The van der Waals surface area contributed by atoms with Gasteiger partial charge in [-0.15, -0.1) is 0 Å². The van der Waals surface area contributed by atoms with Crippen LogP contribution in [0.2, 0.25) is 0 Å². The quantitative estimate of drug-likeness (QED) is 0.190. The number of para-hydroxylation sites is 4. The minimum atomic E-state index is -2.52. The molecule has 0 bridgehead atoms. The standard InChI is InChI=1S/C43H35N3O2/c1-24(2)32-22-28(27-14-7-6-8-15-27)23-33(25(3)4)39(32)46-35-20-11-10-19-34(35)45-43(46)31-18-13-17-30-37-40(48-41(30)31)26(5)44-38-29-16-9-12-21-36(29)47-42(37)38/h6-25H,1-5H3/i5D3. The van der Waals surface area contributed by atoms with E-state index in [0.29, 0.717) is 33.5 Å². The van der Waals surface area contributed by atoms with E-state index in [4.69, 9.17) is 17.9 Å². The van der Waals surface area contributed by atoms with Crippen LogP contribution in [0.3, 0.4) is 0 Å². The Kier molecular flexibility index (Phi) is 5.65. The van der Waals surface area contributed by atoms with Gasteiger partial charge in [0.15, 0.2) is 11.2 Å². The number of imidazole rings is 1. The monoisotopic (exact) mass is 628 g/mol. The predicted molar refractivity (Wildman–Crippen MR) is 197 cm³/mol. The van der Waals surface area contributed by atoms with Gasteiger partial charge in [-0.2, -0.15) is 0 Å². The molecular weight excluding hydrogens is 590 g/mol. The number of hydrogen-bond acceptors (Lipinski definition) is 4. The van der Waals surface area contributed by atoms with Crippen molar-refractivity contribution < 1.29 is 12.9 Å². The highest BCUT2D eigenvalue weighted by molar-refractivity contribution is 6.22. The Morgan fingerprint density at radius 3 is 2.12 bits per heavy atom. The van der Waals surface area contributed by atoms with Gasteiger partial charge in [-0.1, -0.05) is 94.4 Å². The molecule has 0 aliphatic rings. The number of pyridine rings is 1. The average Bonchev–Trinajstić information content (AvgIpc) is 3.82. The molecule has 0 saturated heterocycles. The normalized spacial score (nSPS) is 13.4. The lowest BCUT2D eigenvalue weighted by molar-refractivity contribution is 0.657. The van der Waals surface area contributed by atoms with Crippen LogP contribution in [0.15, 0.2) is 118 Å². The third-order valence-corrected chi connectivity index (χ3v) is 9.50. The summed E-state index contributed by atoms with van der Waals surface area (Å²) in [4.78, 5) is 9.97. The SMILES string of the molecule is [2H]C([2H])([2H])c1nc2c3ccccc3oc2c2c1oc1c(-c3nc4ccccc4n3-c3c(C(C)C)cc(-c4ccccc4)cc3C(C)C)cccc12. The van der Waals surface area contributed by atoms with Gasteiger partial charge in [-0.05, 0) is 83.4 Å². The summed E-state index contributed by atoms with van der Waals surface area (Å²) in [5.41, 5.74) is 10.7. The molecular formula is C43H35N3O2. The molecule has 0 spiro atoms. The highest BCUT2D eigenvalue weighted by atomic mass is 16.3. The van der Waals surface area contributed by atoms with Crippen molar-refractivity contribution in [2.24, 2.45) is 0 Å². The molecule has 0 aliphatic heterocycles. The number of aromatic nitrogens is 3. The van der Waals surface area contributed by atoms with Crippen molar-refractivity contribution in [1.82, 2.24) is 14.5 Å². The van der Waals surface area contributed by atoms with E-state index < -0.39 is 6.85 Å². The first-order valence-corrected chi connectivity index (χ1v) is 16.5. The lowest BCUT2D eigenvalue weighted by Gasteiger charge is -2.24. The van der Waals surface area contributed by atoms with Gasteiger partial charge in [0.2, 0.25) is 0 Å². The predicted octanol–water partition coefficient (Wildman–Crippen LogP) is 12.1. The Labute approximate surface area is 282 Å². The maximum absolute atomic E-state index is 8.47. The van der Waals surface area contributed by atoms with Crippen LogP contribution in [-0.2, 0) is 0 Å². The summed E-state index contributed by atoms with van der Waals surface area (Å²) in [6.07, 6.45) is 0. The molecule has 0 unspecified atom stereocenters. The van der Waals surface area contributed by atoms with Crippen LogP contribution in [0.1, 0.15) is 60.5 Å². The lowest BCUT2D eigenvalue weighted by Crippen LogP contribution is -2.09. The van der Waals surface area contributed by atoms with Gasteiger partial charge in [0.25, 0.3) is 0 Å². The Bertz CT molecular complexity index is 2780. The lowest BCUT2D eigenvalue weighted by atomic mass is 9.88. The van der Waals surface area contributed by atoms with E-state index in [1.54, 1.807) is 0 Å². The van der Waals surface area contributed by atoms with Gasteiger partial charge in [0, 0.05) is 14.9 Å². The molecule has 5 nitrogen and oxygen atoms in total. The average molecular weight is 629 g/mol. The molecule has 0 N–H and O–H groups in total. The molecule has 0 saturated carbocycles. The van der Waals surface area contributed by atoms with Crippen LogP contribution in [-0.4, -0.2) is 14.5 Å². The minimum Gasteiger partial charge on any atom is -0.454 e. The fraction of sp³-hybridized carbons (Fsp3) is 0.163. The zero-order valence-corrected chi connectivity index (χ0v) is 27.2. The van der Waals surface area contributed by atoms with Crippen LogP contribution >= 0.6 is 0 Å². The van der Waals surface area contributed by atoms with Crippen molar-refractivity contribution in [2.45, 2.75) is 46.4 Å². The maximum atomic E-state index is 8.47. The molecule has 0 radical (unpaired) electrons. The number of nitrogens with zero attached hydrogens (tertiary/aromatic N) is 3. The van der Waals surface area contributed by atoms with E-state index in [0.717, 1.165) is 33.1 Å². The van der Waals surface area contributed by atoms with Gasteiger partial charge in [0.05, 0.1) is 33.4 Å². The maximum Gasteiger partial charge on any atom is 0.165 e. The first-order chi connectivity index (χ1) is 24.6. The van der Waals surface area contributed by atoms with E-state index in [-0.39, 0.29) is 23.1 Å². The van der Waals surface area contributed by atoms with Gasteiger partial charge in [-0.25, -0.2) is 9.97 Å². The van der Waals surface area contributed by atoms with Crippen LogP contribution in [0.4, 0.5) is 0 Å². The number of fused-ring (bicyclic) bond motifs is 8. The molecule has 4 aromatic heterocycles. The fourth-order valence-corrected chi connectivity index (χ4v) is 7.21. The molecule has 0 fully saturated rings. The molecule has 5 heteroatoms. The number of rotatable bonds is 5. The number of benzene rings is 5. The molecule has 0 amide bonds. The summed E-state index contributed by atoms with van der Waals surface area (Å²) in [5, 5.41) is 2.10. The Morgan fingerprint density at radius 1 is 0.646 bits per heavy atom. The van der Waals surface area contributed by atoms with E-state index in [1.165, 1.54) is 22.3 Å².